The molecular formula is C31H46ClN5O4. The van der Waals surface area contributed by atoms with Crippen molar-refractivity contribution in [3.63, 3.8) is 0 Å². The van der Waals surface area contributed by atoms with Gasteiger partial charge in [0.05, 0.1) is 12.2 Å². The quantitative estimate of drug-likeness (QED) is 0.189. The number of hydrogen-bond acceptors (Lipinski definition) is 7. The number of carbonyl (C=O) groups excluding carboxylic acids is 3. The molecule has 0 aromatic heterocycles. The Morgan fingerprint density at radius 3 is 2.29 bits per heavy atom. The molecular weight excluding hydrogens is 542 g/mol. The second kappa shape index (κ2) is 18.1. The lowest BCUT2D eigenvalue weighted by molar-refractivity contribution is -0.124. The van der Waals surface area contributed by atoms with Crippen molar-refractivity contribution < 1.29 is 19.1 Å². The van der Waals surface area contributed by atoms with Gasteiger partial charge in [-0.15, -0.1) is 0 Å². The van der Waals surface area contributed by atoms with Gasteiger partial charge < -0.3 is 30.9 Å². The molecule has 0 spiro atoms. The highest BCUT2D eigenvalue weighted by molar-refractivity contribution is 6.30. The van der Waals surface area contributed by atoms with Crippen molar-refractivity contribution in [2.75, 3.05) is 53.2 Å². The van der Waals surface area contributed by atoms with Crippen LogP contribution in [0.2, 0.25) is 5.02 Å². The third kappa shape index (κ3) is 13.2. The molecule has 0 aliphatic heterocycles. The average Bonchev–Trinajstić information content (AvgIpc) is 2.89. The molecule has 0 radical (unpaired) electrons. The molecule has 0 saturated carbocycles. The predicted molar refractivity (Wildman–Crippen MR) is 167 cm³/mol. The number of nitrogens with one attached hydrogen (secondary N) is 4. The highest BCUT2D eigenvalue weighted by Crippen LogP contribution is 2.22. The highest BCUT2D eigenvalue weighted by Gasteiger charge is 2.26. The first-order valence-corrected chi connectivity index (χ1v) is 14.0. The van der Waals surface area contributed by atoms with Crippen molar-refractivity contribution in [1.29, 1.82) is 0 Å². The van der Waals surface area contributed by atoms with Crippen LogP contribution >= 0.6 is 11.6 Å². The fourth-order valence-corrected chi connectivity index (χ4v) is 4.46. The molecule has 0 aliphatic rings. The summed E-state index contributed by atoms with van der Waals surface area (Å²) < 4.78 is 5.19. The molecule has 2 rings (SSSR count). The van der Waals surface area contributed by atoms with Crippen LogP contribution in [0.3, 0.4) is 0 Å². The third-order valence-electron chi connectivity index (χ3n) is 5.89. The summed E-state index contributed by atoms with van der Waals surface area (Å²) in [5.74, 6) is 0.0771. The van der Waals surface area contributed by atoms with E-state index in [1.54, 1.807) is 25.2 Å². The Hall–Kier alpha value is -3.40. The fraction of sp³-hybridized carbons (Fsp3) is 0.452. The zero-order valence-corrected chi connectivity index (χ0v) is 26.3. The second-order valence-corrected chi connectivity index (χ2v) is 11.1. The van der Waals surface area contributed by atoms with Crippen molar-refractivity contribution in [3.05, 3.63) is 70.5 Å². The van der Waals surface area contributed by atoms with Crippen LogP contribution in [0.4, 0.5) is 5.69 Å². The van der Waals surface area contributed by atoms with E-state index in [4.69, 9.17) is 16.3 Å². The Morgan fingerprint density at radius 1 is 1.10 bits per heavy atom. The summed E-state index contributed by atoms with van der Waals surface area (Å²) in [5.41, 5.74) is 1.90. The molecule has 226 valence electrons. The molecule has 1 unspecified atom stereocenters. The first kappa shape index (κ1) is 35.6. The van der Waals surface area contributed by atoms with Gasteiger partial charge in [0.2, 0.25) is 5.91 Å². The molecule has 0 aliphatic carbocycles. The smallest absolute Gasteiger partial charge is 0.273 e. The number of para-hydroxylation sites is 1. The number of anilines is 1. The van der Waals surface area contributed by atoms with E-state index >= 15 is 0 Å². The topological polar surface area (TPSA) is 112 Å². The van der Waals surface area contributed by atoms with Crippen LogP contribution in [0, 0.1) is 11.3 Å². The highest BCUT2D eigenvalue weighted by atomic mass is 35.5. The van der Waals surface area contributed by atoms with Crippen molar-refractivity contribution >= 4 is 35.4 Å². The maximum atomic E-state index is 13.1. The molecule has 4 N–H and O–H groups in total. The largest absolute Gasteiger partial charge is 0.493 e. The number of aldehydes is 1. The summed E-state index contributed by atoms with van der Waals surface area (Å²) in [4.78, 5) is 38.4. The maximum absolute atomic E-state index is 13.1. The third-order valence-corrected chi connectivity index (χ3v) is 6.12. The average molecular weight is 588 g/mol. The van der Waals surface area contributed by atoms with Crippen molar-refractivity contribution in [3.8, 4) is 5.75 Å². The van der Waals surface area contributed by atoms with Crippen LogP contribution in [0.15, 0.2) is 59.9 Å². The molecule has 41 heavy (non-hydrogen) atoms. The van der Waals surface area contributed by atoms with Gasteiger partial charge in [-0.2, -0.15) is 0 Å². The van der Waals surface area contributed by atoms with Gasteiger partial charge in [0.1, 0.15) is 11.4 Å². The van der Waals surface area contributed by atoms with Crippen molar-refractivity contribution in [2.45, 2.75) is 34.1 Å². The van der Waals surface area contributed by atoms with E-state index < -0.39 is 0 Å². The molecule has 1 atom stereocenters. The van der Waals surface area contributed by atoms with Gasteiger partial charge in [-0.1, -0.05) is 50.6 Å². The first-order chi connectivity index (χ1) is 19.4. The van der Waals surface area contributed by atoms with E-state index in [9.17, 15) is 14.4 Å². The summed E-state index contributed by atoms with van der Waals surface area (Å²) in [7, 11) is 7.59. The molecule has 9 nitrogen and oxygen atoms in total. The molecule has 2 aromatic carbocycles. The number of carbonyl (C=O) groups is 3. The number of hydrogen-bond donors (Lipinski definition) is 4. The van der Waals surface area contributed by atoms with Crippen molar-refractivity contribution in [2.24, 2.45) is 11.3 Å². The van der Waals surface area contributed by atoms with Crippen LogP contribution in [0.25, 0.3) is 0 Å². The Kier molecular flexibility index (Phi) is 15.7. The molecule has 0 saturated heterocycles. The van der Waals surface area contributed by atoms with E-state index in [-0.39, 0.29) is 28.8 Å². The molecule has 2 aromatic rings. The lowest BCUT2D eigenvalue weighted by Gasteiger charge is -2.26. The van der Waals surface area contributed by atoms with E-state index in [2.05, 4.69) is 21.3 Å². The molecule has 2 amide bonds. The van der Waals surface area contributed by atoms with Crippen LogP contribution in [-0.2, 0) is 9.59 Å². The van der Waals surface area contributed by atoms with Gasteiger partial charge in [-0.25, -0.2) is 0 Å². The minimum Gasteiger partial charge on any atom is -0.493 e. The second-order valence-electron chi connectivity index (χ2n) is 10.7. The van der Waals surface area contributed by atoms with Gasteiger partial charge in [0.15, 0.2) is 6.29 Å². The number of halogens is 1. The van der Waals surface area contributed by atoms with Gasteiger partial charge in [0.25, 0.3) is 5.91 Å². The summed E-state index contributed by atoms with van der Waals surface area (Å²) in [5, 5.41) is 12.5. The van der Waals surface area contributed by atoms with Crippen LogP contribution in [0.5, 0.6) is 5.75 Å². The molecule has 0 heterocycles. The first-order valence-electron chi connectivity index (χ1n) is 13.6. The summed E-state index contributed by atoms with van der Waals surface area (Å²) >= 11 is 5.68. The number of benzene rings is 2. The van der Waals surface area contributed by atoms with Crippen LogP contribution in [-0.4, -0.2) is 70.9 Å². The van der Waals surface area contributed by atoms with E-state index in [1.165, 1.54) is 0 Å². The van der Waals surface area contributed by atoms with E-state index in [1.807, 2.05) is 84.1 Å². The van der Waals surface area contributed by atoms with Crippen molar-refractivity contribution in [1.82, 2.24) is 20.9 Å². The maximum Gasteiger partial charge on any atom is 0.273 e. The van der Waals surface area contributed by atoms with Crippen LogP contribution < -0.4 is 26.0 Å². The normalized spacial score (nSPS) is 12.3. The fourth-order valence-electron chi connectivity index (χ4n) is 4.28. The zero-order chi connectivity index (χ0) is 31.0. The SMILES string of the molecule is CCOc1ccc(Cl)cc1C=O.CNCC(C)(C)CC(=O)N/C(C(=O)Nc1ccccc1)=C(/NC)C(C)CN(C)C. The Bertz CT molecular complexity index is 1150. The number of nitrogens with zero attached hydrogens (tertiary/aromatic N) is 1. The Morgan fingerprint density at radius 2 is 1.76 bits per heavy atom. The molecule has 0 bridgehead atoms. The molecule has 0 fully saturated rings. The number of ether oxygens (including phenoxy) is 1. The Labute approximate surface area is 250 Å². The van der Waals surface area contributed by atoms with Gasteiger partial charge in [-0.3, -0.25) is 14.4 Å². The van der Waals surface area contributed by atoms with E-state index in [0.29, 0.717) is 47.3 Å². The summed E-state index contributed by atoms with van der Waals surface area (Å²) in [6.45, 7) is 9.91. The standard InChI is InChI=1S/C22H37N5O2.C9H9ClO2/c1-16(14-27(6)7)19(24-5)20(21(29)25-17-11-9-8-10-12-17)26-18(28)13-22(2,3)15-23-4;1-2-12-9-4-3-8(10)5-7(9)6-11/h8-12,16,23-24H,13-15H2,1-7H3,(H,25,29)(H,26,28);3-6H,2H2,1H3/b20-19+;. The van der Waals surface area contributed by atoms with E-state index in [0.717, 1.165) is 12.8 Å². The number of rotatable bonds is 14. The monoisotopic (exact) mass is 587 g/mol. The molecule has 10 heteroatoms. The predicted octanol–water partition coefficient (Wildman–Crippen LogP) is 4.56. The van der Waals surface area contributed by atoms with Gasteiger partial charge >= 0.3 is 0 Å². The summed E-state index contributed by atoms with van der Waals surface area (Å²) in [6.07, 6.45) is 1.03. The van der Waals surface area contributed by atoms with Crippen LogP contribution in [0.1, 0.15) is 44.5 Å². The lowest BCUT2D eigenvalue weighted by Crippen LogP contribution is -2.39. The number of amides is 2. The van der Waals surface area contributed by atoms with Gasteiger partial charge in [-0.05, 0) is 63.8 Å². The zero-order valence-electron chi connectivity index (χ0n) is 25.6. The Balaban J connectivity index is 0.000000580. The van der Waals surface area contributed by atoms with Gasteiger partial charge in [0, 0.05) is 48.9 Å². The minimum atomic E-state index is -0.342. The minimum absolute atomic E-state index is 0.0251. The lowest BCUT2D eigenvalue weighted by atomic mass is 9.89. The summed E-state index contributed by atoms with van der Waals surface area (Å²) in [6, 6.07) is 14.2.